The Morgan fingerprint density at radius 1 is 1.12 bits per heavy atom. The summed E-state index contributed by atoms with van der Waals surface area (Å²) in [7, 11) is -0.726. The Bertz CT molecular complexity index is 853. The number of carbonyl (C=O) groups is 1. The average Bonchev–Trinajstić information content (AvgIpc) is 2.54. The van der Waals surface area contributed by atoms with Crippen molar-refractivity contribution in [3.05, 3.63) is 54.1 Å². The monoisotopic (exact) mass is 370 g/mol. The highest BCUT2D eigenvalue weighted by Crippen LogP contribution is 2.19. The summed E-state index contributed by atoms with van der Waals surface area (Å²) in [5, 5.41) is 2.56. The van der Waals surface area contributed by atoms with Crippen molar-refractivity contribution in [2.45, 2.75) is 11.5 Å². The molecular formula is C16H16F2N2O4S. The standard InChI is InChI=1S/C16H16F2N2O4S/c1-20(2)25(22,23)14-8-6-12(7-9-14)19-15(21)11-4-3-5-13(10-11)24-16(17)18/h3-10,16H,1-2H3,(H,19,21). The SMILES string of the molecule is CN(C)S(=O)(=O)c1ccc(NC(=O)c2cccc(OC(F)F)c2)cc1. The van der Waals surface area contributed by atoms with Gasteiger partial charge in [-0.15, -0.1) is 0 Å². The molecule has 2 aromatic rings. The van der Waals surface area contributed by atoms with Gasteiger partial charge in [0.15, 0.2) is 0 Å². The van der Waals surface area contributed by atoms with Gasteiger partial charge in [-0.25, -0.2) is 12.7 Å². The van der Waals surface area contributed by atoms with E-state index in [1.807, 2.05) is 0 Å². The number of rotatable bonds is 6. The predicted molar refractivity (Wildman–Crippen MR) is 88.3 cm³/mol. The van der Waals surface area contributed by atoms with Crippen LogP contribution in [-0.2, 0) is 10.0 Å². The van der Waals surface area contributed by atoms with Crippen LogP contribution in [-0.4, -0.2) is 39.3 Å². The lowest BCUT2D eigenvalue weighted by molar-refractivity contribution is -0.0498. The third-order valence-corrected chi connectivity index (χ3v) is 5.04. The highest BCUT2D eigenvalue weighted by atomic mass is 32.2. The minimum atomic E-state index is -3.56. The highest BCUT2D eigenvalue weighted by molar-refractivity contribution is 7.89. The predicted octanol–water partition coefficient (Wildman–Crippen LogP) is 2.79. The van der Waals surface area contributed by atoms with Crippen LogP contribution in [0, 0.1) is 0 Å². The Morgan fingerprint density at radius 2 is 1.76 bits per heavy atom. The van der Waals surface area contributed by atoms with Crippen LogP contribution in [0.3, 0.4) is 0 Å². The number of amides is 1. The van der Waals surface area contributed by atoms with Gasteiger partial charge in [-0.1, -0.05) is 6.07 Å². The second-order valence-electron chi connectivity index (χ2n) is 5.17. The van der Waals surface area contributed by atoms with Crippen molar-refractivity contribution in [2.24, 2.45) is 0 Å². The molecule has 2 rings (SSSR count). The molecule has 134 valence electrons. The average molecular weight is 370 g/mol. The number of hydrogen-bond acceptors (Lipinski definition) is 4. The van der Waals surface area contributed by atoms with Gasteiger partial charge in [-0.2, -0.15) is 8.78 Å². The van der Waals surface area contributed by atoms with Crippen molar-refractivity contribution in [1.82, 2.24) is 4.31 Å². The summed E-state index contributed by atoms with van der Waals surface area (Å²) in [6, 6.07) is 11.0. The Labute approximate surface area is 144 Å². The van der Waals surface area contributed by atoms with E-state index in [1.54, 1.807) is 0 Å². The van der Waals surface area contributed by atoms with Crippen molar-refractivity contribution < 1.29 is 26.7 Å². The Hall–Kier alpha value is -2.52. The summed E-state index contributed by atoms with van der Waals surface area (Å²) >= 11 is 0. The first-order valence-corrected chi connectivity index (χ1v) is 8.53. The van der Waals surface area contributed by atoms with Gasteiger partial charge in [0.1, 0.15) is 5.75 Å². The number of nitrogens with zero attached hydrogens (tertiary/aromatic N) is 1. The van der Waals surface area contributed by atoms with Crippen LogP contribution in [0.2, 0.25) is 0 Å². The quantitative estimate of drug-likeness (QED) is 0.848. The third kappa shape index (κ3) is 4.74. The highest BCUT2D eigenvalue weighted by Gasteiger charge is 2.17. The molecule has 0 aliphatic rings. The van der Waals surface area contributed by atoms with Crippen LogP contribution in [0.4, 0.5) is 14.5 Å². The first-order valence-electron chi connectivity index (χ1n) is 7.09. The molecule has 25 heavy (non-hydrogen) atoms. The van der Waals surface area contributed by atoms with Gasteiger partial charge in [0.2, 0.25) is 10.0 Å². The molecule has 0 spiro atoms. The zero-order valence-electron chi connectivity index (χ0n) is 13.4. The fourth-order valence-electron chi connectivity index (χ4n) is 1.94. The van der Waals surface area contributed by atoms with Gasteiger partial charge in [-0.05, 0) is 42.5 Å². The first kappa shape index (κ1) is 18.8. The van der Waals surface area contributed by atoms with E-state index in [9.17, 15) is 22.0 Å². The smallest absolute Gasteiger partial charge is 0.387 e. The zero-order valence-corrected chi connectivity index (χ0v) is 14.3. The first-order chi connectivity index (χ1) is 11.7. The van der Waals surface area contributed by atoms with E-state index >= 15 is 0 Å². The number of halogens is 2. The van der Waals surface area contributed by atoms with E-state index in [2.05, 4.69) is 10.1 Å². The molecule has 0 unspecified atom stereocenters. The van der Waals surface area contributed by atoms with Gasteiger partial charge in [0.25, 0.3) is 5.91 Å². The number of anilines is 1. The van der Waals surface area contributed by atoms with Crippen molar-refractivity contribution in [3.8, 4) is 5.75 Å². The Morgan fingerprint density at radius 3 is 2.32 bits per heavy atom. The molecule has 6 nitrogen and oxygen atoms in total. The van der Waals surface area contributed by atoms with E-state index in [4.69, 9.17) is 0 Å². The molecule has 0 radical (unpaired) electrons. The number of benzene rings is 2. The molecule has 9 heteroatoms. The molecule has 0 aromatic heterocycles. The van der Waals surface area contributed by atoms with Crippen molar-refractivity contribution in [1.29, 1.82) is 0 Å². The maximum atomic E-state index is 12.2. The summed E-state index contributed by atoms with van der Waals surface area (Å²) in [5.41, 5.74) is 0.492. The second kappa shape index (κ2) is 7.58. The summed E-state index contributed by atoms with van der Waals surface area (Å²) in [5.74, 6) is -0.669. The molecule has 2 aromatic carbocycles. The summed E-state index contributed by atoms with van der Waals surface area (Å²) in [6.45, 7) is -2.98. The number of nitrogens with one attached hydrogen (secondary N) is 1. The summed E-state index contributed by atoms with van der Waals surface area (Å²) < 4.78 is 53.7. The Kier molecular flexibility index (Phi) is 5.70. The summed E-state index contributed by atoms with van der Waals surface area (Å²) in [4.78, 5) is 12.2. The fourth-order valence-corrected chi connectivity index (χ4v) is 2.84. The molecule has 1 amide bonds. The molecule has 0 bridgehead atoms. The molecule has 0 aliphatic carbocycles. The minimum Gasteiger partial charge on any atom is -0.435 e. The number of alkyl halides is 2. The number of ether oxygens (including phenoxy) is 1. The van der Waals surface area contributed by atoms with Crippen LogP contribution in [0.5, 0.6) is 5.75 Å². The lowest BCUT2D eigenvalue weighted by atomic mass is 10.2. The van der Waals surface area contributed by atoms with Gasteiger partial charge in [0.05, 0.1) is 4.90 Å². The lowest BCUT2D eigenvalue weighted by Crippen LogP contribution is -2.22. The second-order valence-corrected chi connectivity index (χ2v) is 7.32. The topological polar surface area (TPSA) is 75.7 Å². The molecule has 0 atom stereocenters. The third-order valence-electron chi connectivity index (χ3n) is 3.21. The number of carbonyl (C=O) groups excluding carboxylic acids is 1. The molecular weight excluding hydrogens is 354 g/mol. The van der Waals surface area contributed by atoms with Crippen LogP contribution < -0.4 is 10.1 Å². The van der Waals surface area contributed by atoms with Crippen LogP contribution in [0.15, 0.2) is 53.4 Å². The molecule has 0 saturated carbocycles. The van der Waals surface area contributed by atoms with E-state index in [-0.39, 0.29) is 16.2 Å². The van der Waals surface area contributed by atoms with Gasteiger partial charge in [0, 0.05) is 25.3 Å². The van der Waals surface area contributed by atoms with Crippen molar-refractivity contribution in [3.63, 3.8) is 0 Å². The van der Waals surface area contributed by atoms with Gasteiger partial charge < -0.3 is 10.1 Å². The zero-order chi connectivity index (χ0) is 18.6. The van der Waals surface area contributed by atoms with Crippen LogP contribution >= 0.6 is 0 Å². The fraction of sp³-hybridized carbons (Fsp3) is 0.188. The van der Waals surface area contributed by atoms with E-state index < -0.39 is 22.5 Å². The van der Waals surface area contributed by atoms with E-state index in [0.29, 0.717) is 5.69 Å². The van der Waals surface area contributed by atoms with Gasteiger partial charge >= 0.3 is 6.61 Å². The maximum Gasteiger partial charge on any atom is 0.387 e. The Balaban J connectivity index is 2.13. The normalized spacial score (nSPS) is 11.6. The van der Waals surface area contributed by atoms with Gasteiger partial charge in [-0.3, -0.25) is 4.79 Å². The summed E-state index contributed by atoms with van der Waals surface area (Å²) in [6.07, 6.45) is 0. The molecule has 0 heterocycles. The van der Waals surface area contributed by atoms with E-state index in [1.165, 1.54) is 62.6 Å². The number of hydrogen-bond donors (Lipinski definition) is 1. The molecule has 1 N–H and O–H groups in total. The molecule has 0 fully saturated rings. The van der Waals surface area contributed by atoms with Crippen LogP contribution in [0.25, 0.3) is 0 Å². The van der Waals surface area contributed by atoms with Crippen LogP contribution in [0.1, 0.15) is 10.4 Å². The number of sulfonamides is 1. The van der Waals surface area contributed by atoms with Crippen molar-refractivity contribution in [2.75, 3.05) is 19.4 Å². The largest absolute Gasteiger partial charge is 0.435 e. The molecule has 0 saturated heterocycles. The molecule has 0 aliphatic heterocycles. The maximum absolute atomic E-state index is 12.2. The lowest BCUT2D eigenvalue weighted by Gasteiger charge is -2.12. The van der Waals surface area contributed by atoms with E-state index in [0.717, 1.165) is 4.31 Å². The minimum absolute atomic E-state index is 0.0860. The van der Waals surface area contributed by atoms with Crippen molar-refractivity contribution >= 4 is 21.6 Å².